The van der Waals surface area contributed by atoms with Crippen molar-refractivity contribution in [2.24, 2.45) is 0 Å². The van der Waals surface area contributed by atoms with Crippen molar-refractivity contribution in [1.29, 1.82) is 0 Å². The first-order chi connectivity index (χ1) is 16.7. The van der Waals surface area contributed by atoms with Crippen molar-refractivity contribution in [2.75, 3.05) is 22.9 Å². The second-order valence-corrected chi connectivity index (χ2v) is 8.43. The van der Waals surface area contributed by atoms with E-state index in [0.717, 1.165) is 42.6 Å². The molecule has 11 heteroatoms. The van der Waals surface area contributed by atoms with Crippen LogP contribution >= 0.6 is 0 Å². The van der Waals surface area contributed by atoms with Gasteiger partial charge in [0.15, 0.2) is 5.82 Å². The van der Waals surface area contributed by atoms with Crippen molar-refractivity contribution in [1.82, 2.24) is 15.3 Å². The summed E-state index contributed by atoms with van der Waals surface area (Å²) in [6.07, 6.45) is 4.48. The van der Waals surface area contributed by atoms with E-state index in [-0.39, 0.29) is 24.8 Å². The Balaban J connectivity index is 1.63. The fourth-order valence-electron chi connectivity index (χ4n) is 4.27. The lowest BCUT2D eigenvalue weighted by molar-refractivity contribution is -0.140. The predicted octanol–water partition coefficient (Wildman–Crippen LogP) is 1.63. The van der Waals surface area contributed by atoms with E-state index in [4.69, 9.17) is 16.6 Å². The van der Waals surface area contributed by atoms with Crippen LogP contribution in [0.5, 0.6) is 0 Å². The minimum absolute atomic E-state index is 0.166. The first-order valence-electron chi connectivity index (χ1n) is 11.3. The van der Waals surface area contributed by atoms with Crippen molar-refractivity contribution in [3.8, 4) is 0 Å². The van der Waals surface area contributed by atoms with Crippen molar-refractivity contribution in [3.05, 3.63) is 53.7 Å². The number of amides is 1. The number of rotatable bonds is 11. The second kappa shape index (κ2) is 11.3. The molecule has 2 aromatic rings. The summed E-state index contributed by atoms with van der Waals surface area (Å²) in [6, 6.07) is 5.85. The molecule has 1 aliphatic rings. The third-order valence-electron chi connectivity index (χ3n) is 6.00. The lowest BCUT2D eigenvalue weighted by Crippen LogP contribution is -2.41. The Labute approximate surface area is 202 Å². The third kappa shape index (κ3) is 6.46. The van der Waals surface area contributed by atoms with Crippen LogP contribution in [-0.2, 0) is 22.4 Å². The third-order valence-corrected chi connectivity index (χ3v) is 6.00. The van der Waals surface area contributed by atoms with Crippen LogP contribution in [0, 0.1) is 0 Å². The van der Waals surface area contributed by atoms with E-state index in [1.165, 1.54) is 0 Å². The van der Waals surface area contributed by atoms with E-state index in [0.29, 0.717) is 17.9 Å². The van der Waals surface area contributed by atoms with Crippen LogP contribution in [0.4, 0.5) is 17.5 Å². The molecule has 0 radical (unpaired) electrons. The first kappa shape index (κ1) is 25.5. The largest absolute Gasteiger partial charge is 0.481 e. The molecule has 35 heavy (non-hydrogen) atoms. The van der Waals surface area contributed by atoms with Gasteiger partial charge in [0.25, 0.3) is 5.91 Å². The normalized spacial score (nSPS) is 15.7. The number of carboxylic acids is 2. The summed E-state index contributed by atoms with van der Waals surface area (Å²) in [5, 5.41) is 20.4. The molecule has 1 aromatic heterocycles. The smallest absolute Gasteiger partial charge is 0.326 e. The maximum Gasteiger partial charge on any atom is 0.326 e. The summed E-state index contributed by atoms with van der Waals surface area (Å²) < 4.78 is 0. The minimum atomic E-state index is -1.27. The van der Waals surface area contributed by atoms with E-state index >= 15 is 0 Å². The highest BCUT2D eigenvalue weighted by Crippen LogP contribution is 2.35. The van der Waals surface area contributed by atoms with E-state index in [1.54, 1.807) is 12.1 Å². The zero-order valence-corrected chi connectivity index (χ0v) is 19.3. The maximum atomic E-state index is 12.4. The van der Waals surface area contributed by atoms with Crippen LogP contribution in [0.25, 0.3) is 0 Å². The van der Waals surface area contributed by atoms with Crippen LogP contribution in [0.3, 0.4) is 0 Å². The highest BCUT2D eigenvalue weighted by Gasteiger charge is 2.29. The Hall–Kier alpha value is -4.15. The zero-order valence-electron chi connectivity index (χ0n) is 19.3. The molecule has 3 rings (SSSR count). The molecule has 186 valence electrons. The van der Waals surface area contributed by atoms with Crippen LogP contribution in [-0.4, -0.2) is 56.7 Å². The number of hydrogen-bond acceptors (Lipinski definition) is 8. The number of aromatic nitrogens is 2. The van der Waals surface area contributed by atoms with Gasteiger partial charge in [-0.3, -0.25) is 9.59 Å². The van der Waals surface area contributed by atoms with Crippen molar-refractivity contribution < 1.29 is 24.6 Å². The number of fused-ring (bicyclic) bond motifs is 1. The van der Waals surface area contributed by atoms with Crippen molar-refractivity contribution in [3.63, 3.8) is 0 Å². The van der Waals surface area contributed by atoms with Gasteiger partial charge in [0.05, 0.1) is 5.69 Å². The highest BCUT2D eigenvalue weighted by molar-refractivity contribution is 5.96. The van der Waals surface area contributed by atoms with Crippen LogP contribution < -0.4 is 21.7 Å². The van der Waals surface area contributed by atoms with Gasteiger partial charge >= 0.3 is 11.9 Å². The number of benzene rings is 1. The standard InChI is InChI=1S/C24H30N6O5/c1-2-13-30-16(9-10-17-20(30)21(25)29-24(26)28-17)8-5-14-3-6-15(7-4-14)22(33)27-18(23(34)35)11-12-19(31)32/h2-4,6-7,16,18H,1,5,8-13H2,(H,27,33)(H,31,32)(H,34,35)(H4,25,26,28,29)/t16?,18-/m0/s1. The number of nitrogens with two attached hydrogens (primary N) is 2. The molecule has 0 saturated heterocycles. The van der Waals surface area contributed by atoms with Crippen LogP contribution in [0.15, 0.2) is 36.9 Å². The number of carbonyl (C=O) groups is 3. The summed E-state index contributed by atoms with van der Waals surface area (Å²) in [5.74, 6) is -2.44. The number of carboxylic acid groups (broad SMARTS) is 2. The molecule has 1 unspecified atom stereocenters. The fraction of sp³-hybridized carbons (Fsp3) is 0.375. The lowest BCUT2D eigenvalue weighted by Gasteiger charge is -2.38. The quantitative estimate of drug-likeness (QED) is 0.295. The minimum Gasteiger partial charge on any atom is -0.481 e. The van der Waals surface area contributed by atoms with Crippen LogP contribution in [0.1, 0.15) is 47.3 Å². The Bertz CT molecular complexity index is 1100. The average Bonchev–Trinajstić information content (AvgIpc) is 2.80. The molecule has 2 atom stereocenters. The molecular formula is C24H30N6O5. The Morgan fingerprint density at radius 2 is 1.91 bits per heavy atom. The number of nitrogens with zero attached hydrogens (tertiary/aromatic N) is 3. The van der Waals surface area contributed by atoms with Gasteiger partial charge in [-0.05, 0) is 49.8 Å². The summed E-state index contributed by atoms with van der Waals surface area (Å²) in [7, 11) is 0. The van der Waals surface area contributed by atoms with E-state index in [2.05, 4.69) is 26.8 Å². The maximum absolute atomic E-state index is 12.4. The topological polar surface area (TPSA) is 185 Å². The summed E-state index contributed by atoms with van der Waals surface area (Å²) in [4.78, 5) is 45.1. The molecule has 0 aliphatic carbocycles. The zero-order chi connectivity index (χ0) is 25.5. The van der Waals surface area contributed by atoms with Gasteiger partial charge in [0.2, 0.25) is 5.95 Å². The summed E-state index contributed by atoms with van der Waals surface area (Å²) in [5.41, 5.74) is 14.9. The van der Waals surface area contributed by atoms with E-state index in [9.17, 15) is 19.5 Å². The molecule has 0 spiro atoms. The van der Waals surface area contributed by atoms with Gasteiger partial charge in [0.1, 0.15) is 11.7 Å². The Kier molecular flexibility index (Phi) is 8.24. The predicted molar refractivity (Wildman–Crippen MR) is 131 cm³/mol. The average molecular weight is 483 g/mol. The lowest BCUT2D eigenvalue weighted by atomic mass is 9.94. The Morgan fingerprint density at radius 1 is 1.20 bits per heavy atom. The number of nitrogens with one attached hydrogen (secondary N) is 1. The second-order valence-electron chi connectivity index (χ2n) is 8.43. The molecule has 7 N–H and O–H groups in total. The van der Waals surface area contributed by atoms with Gasteiger partial charge in [0, 0.05) is 24.6 Å². The SMILES string of the molecule is C=CCN1c2c(N)nc(N)nc2CCC1CCc1ccc(C(=O)N[C@@H](CCC(=O)O)C(=O)O)cc1. The number of anilines is 3. The first-order valence-corrected chi connectivity index (χ1v) is 11.3. The summed E-state index contributed by atoms with van der Waals surface area (Å²) >= 11 is 0. The van der Waals surface area contributed by atoms with E-state index in [1.807, 2.05) is 18.2 Å². The van der Waals surface area contributed by atoms with Gasteiger partial charge in [-0.25, -0.2) is 9.78 Å². The molecule has 0 saturated carbocycles. The molecule has 0 fully saturated rings. The number of aliphatic carboxylic acids is 2. The molecule has 2 heterocycles. The molecule has 0 bridgehead atoms. The highest BCUT2D eigenvalue weighted by atomic mass is 16.4. The molecule has 1 aromatic carbocycles. The number of nitrogen functional groups attached to an aromatic ring is 2. The fourth-order valence-corrected chi connectivity index (χ4v) is 4.27. The Morgan fingerprint density at radius 3 is 2.54 bits per heavy atom. The van der Waals surface area contributed by atoms with Gasteiger partial charge < -0.3 is 31.9 Å². The molecule has 1 amide bonds. The molecular weight excluding hydrogens is 452 g/mol. The van der Waals surface area contributed by atoms with Gasteiger partial charge in [-0.2, -0.15) is 4.98 Å². The molecule has 1 aliphatic heterocycles. The van der Waals surface area contributed by atoms with Gasteiger partial charge in [-0.1, -0.05) is 18.2 Å². The number of carbonyl (C=O) groups excluding carboxylic acids is 1. The monoisotopic (exact) mass is 482 g/mol. The molecule has 11 nitrogen and oxygen atoms in total. The van der Waals surface area contributed by atoms with Crippen LogP contribution in [0.2, 0.25) is 0 Å². The van der Waals surface area contributed by atoms with Crippen molar-refractivity contribution >= 4 is 35.3 Å². The van der Waals surface area contributed by atoms with Crippen molar-refractivity contribution in [2.45, 2.75) is 50.6 Å². The number of aryl methyl sites for hydroxylation is 2. The number of hydrogen-bond donors (Lipinski definition) is 5. The van der Waals surface area contributed by atoms with Gasteiger partial charge in [-0.15, -0.1) is 6.58 Å². The van der Waals surface area contributed by atoms with E-state index < -0.39 is 23.9 Å². The summed E-state index contributed by atoms with van der Waals surface area (Å²) in [6.45, 7) is 4.45.